The first-order valence-corrected chi connectivity index (χ1v) is 8.16. The van der Waals surface area contributed by atoms with Gasteiger partial charge in [-0.05, 0) is 46.1 Å². The number of hydrogen-bond acceptors (Lipinski definition) is 2. The summed E-state index contributed by atoms with van der Waals surface area (Å²) in [6.45, 7) is 12.5. The molecule has 1 fully saturated rings. The van der Waals surface area contributed by atoms with Crippen molar-refractivity contribution in [2.45, 2.75) is 83.8 Å². The number of ether oxygens (including phenoxy) is 1. The van der Waals surface area contributed by atoms with Crippen LogP contribution in [0.4, 0.5) is 0 Å². The number of rotatable bonds is 8. The third kappa shape index (κ3) is 5.27. The molecule has 0 aromatic rings. The van der Waals surface area contributed by atoms with Gasteiger partial charge in [0.1, 0.15) is 0 Å². The molecule has 0 aromatic heterocycles. The van der Waals surface area contributed by atoms with Gasteiger partial charge in [-0.3, -0.25) is 0 Å². The highest BCUT2D eigenvalue weighted by atomic mass is 16.5. The molecule has 0 heterocycles. The van der Waals surface area contributed by atoms with Crippen LogP contribution in [0.3, 0.4) is 0 Å². The van der Waals surface area contributed by atoms with Gasteiger partial charge in [0.15, 0.2) is 0 Å². The first-order valence-electron chi connectivity index (χ1n) is 8.16. The van der Waals surface area contributed by atoms with Crippen LogP contribution < -0.4 is 5.32 Å². The Morgan fingerprint density at radius 2 is 1.84 bits per heavy atom. The summed E-state index contributed by atoms with van der Waals surface area (Å²) in [4.78, 5) is 0. The molecule has 0 aliphatic heterocycles. The van der Waals surface area contributed by atoms with Gasteiger partial charge >= 0.3 is 0 Å². The maximum absolute atomic E-state index is 6.31. The molecule has 1 aliphatic carbocycles. The van der Waals surface area contributed by atoms with Gasteiger partial charge in [0.05, 0.1) is 5.60 Å². The number of hydrogen-bond donors (Lipinski definition) is 1. The first-order chi connectivity index (χ1) is 9.14. The second-order valence-electron chi connectivity index (χ2n) is 6.08. The number of nitrogens with one attached hydrogen (secondary N) is 1. The van der Waals surface area contributed by atoms with E-state index in [4.69, 9.17) is 4.74 Å². The van der Waals surface area contributed by atoms with E-state index < -0.39 is 0 Å². The average molecular weight is 267 g/mol. The van der Waals surface area contributed by atoms with Crippen molar-refractivity contribution in [2.75, 3.05) is 13.2 Å². The third-order valence-corrected chi connectivity index (χ3v) is 4.21. The standard InChI is InChI=1S/C17H33NO/c1-5-13-18-16(14-15(3)4)17(19-6-2)11-9-7-8-10-12-17/h16,18H,3,5-14H2,1-2,4H3. The van der Waals surface area contributed by atoms with Crippen LogP contribution in [0.2, 0.25) is 0 Å². The molecule has 112 valence electrons. The molecule has 2 heteroatoms. The van der Waals surface area contributed by atoms with Crippen molar-refractivity contribution in [3.8, 4) is 0 Å². The molecule has 1 atom stereocenters. The molecule has 0 amide bonds. The van der Waals surface area contributed by atoms with E-state index in [-0.39, 0.29) is 5.60 Å². The normalized spacial score (nSPS) is 20.8. The predicted molar refractivity (Wildman–Crippen MR) is 83.6 cm³/mol. The fraction of sp³-hybridized carbons (Fsp3) is 0.882. The van der Waals surface area contributed by atoms with Crippen molar-refractivity contribution < 1.29 is 4.74 Å². The van der Waals surface area contributed by atoms with Crippen LogP contribution in [0.25, 0.3) is 0 Å². The summed E-state index contributed by atoms with van der Waals surface area (Å²) in [5.41, 5.74) is 1.30. The topological polar surface area (TPSA) is 21.3 Å². The van der Waals surface area contributed by atoms with Gasteiger partial charge in [0, 0.05) is 12.6 Å². The minimum atomic E-state index is 0.0410. The van der Waals surface area contributed by atoms with E-state index in [0.29, 0.717) is 6.04 Å². The Balaban J connectivity index is 2.83. The van der Waals surface area contributed by atoms with E-state index in [9.17, 15) is 0 Å². The highest BCUT2D eigenvalue weighted by molar-refractivity contribution is 5.02. The zero-order valence-corrected chi connectivity index (χ0v) is 13.3. The fourth-order valence-corrected chi connectivity index (χ4v) is 3.32. The minimum Gasteiger partial charge on any atom is -0.374 e. The van der Waals surface area contributed by atoms with Gasteiger partial charge in [0.25, 0.3) is 0 Å². The molecule has 0 saturated heterocycles. The van der Waals surface area contributed by atoms with Gasteiger partial charge < -0.3 is 10.1 Å². The van der Waals surface area contributed by atoms with Crippen molar-refractivity contribution in [2.24, 2.45) is 0 Å². The third-order valence-electron chi connectivity index (χ3n) is 4.21. The zero-order chi connectivity index (χ0) is 14.1. The maximum atomic E-state index is 6.31. The predicted octanol–water partition coefficient (Wildman–Crippen LogP) is 4.45. The fourth-order valence-electron chi connectivity index (χ4n) is 3.32. The molecule has 1 rings (SSSR count). The van der Waals surface area contributed by atoms with E-state index in [1.54, 1.807) is 0 Å². The van der Waals surface area contributed by atoms with E-state index in [1.807, 2.05) is 0 Å². The second kappa shape index (κ2) is 8.76. The van der Waals surface area contributed by atoms with Crippen LogP contribution in [-0.4, -0.2) is 24.8 Å². The Hall–Kier alpha value is -0.340. The van der Waals surface area contributed by atoms with Gasteiger partial charge in [-0.2, -0.15) is 0 Å². The first kappa shape index (κ1) is 16.7. The van der Waals surface area contributed by atoms with Crippen LogP contribution in [0.1, 0.15) is 72.1 Å². The zero-order valence-electron chi connectivity index (χ0n) is 13.3. The lowest BCUT2D eigenvalue weighted by Gasteiger charge is -2.41. The van der Waals surface area contributed by atoms with E-state index in [2.05, 4.69) is 32.7 Å². The van der Waals surface area contributed by atoms with E-state index >= 15 is 0 Å². The Kier molecular flexibility index (Phi) is 7.70. The van der Waals surface area contributed by atoms with Crippen molar-refractivity contribution in [3.05, 3.63) is 12.2 Å². The van der Waals surface area contributed by atoms with Crippen molar-refractivity contribution >= 4 is 0 Å². The molecule has 2 nitrogen and oxygen atoms in total. The molecular weight excluding hydrogens is 234 g/mol. The molecule has 0 bridgehead atoms. The summed E-state index contributed by atoms with van der Waals surface area (Å²) in [6.07, 6.45) is 9.96. The van der Waals surface area contributed by atoms with Gasteiger partial charge in [-0.15, -0.1) is 6.58 Å². The monoisotopic (exact) mass is 267 g/mol. The molecule has 0 radical (unpaired) electrons. The van der Waals surface area contributed by atoms with Gasteiger partial charge in [-0.1, -0.05) is 38.2 Å². The Morgan fingerprint density at radius 3 is 2.32 bits per heavy atom. The molecule has 1 aliphatic rings. The van der Waals surface area contributed by atoms with Crippen molar-refractivity contribution in [1.29, 1.82) is 0 Å². The van der Waals surface area contributed by atoms with E-state index in [1.165, 1.54) is 50.5 Å². The van der Waals surface area contributed by atoms with Gasteiger partial charge in [-0.25, -0.2) is 0 Å². The molecular formula is C17H33NO. The quantitative estimate of drug-likeness (QED) is 0.518. The Morgan fingerprint density at radius 1 is 1.21 bits per heavy atom. The van der Waals surface area contributed by atoms with Crippen LogP contribution in [0, 0.1) is 0 Å². The molecule has 19 heavy (non-hydrogen) atoms. The maximum Gasteiger partial charge on any atom is 0.0837 e. The molecule has 1 N–H and O–H groups in total. The molecule has 1 unspecified atom stereocenters. The summed E-state index contributed by atoms with van der Waals surface area (Å²) >= 11 is 0. The summed E-state index contributed by atoms with van der Waals surface area (Å²) in [7, 11) is 0. The summed E-state index contributed by atoms with van der Waals surface area (Å²) < 4.78 is 6.31. The molecule has 0 spiro atoms. The lowest BCUT2D eigenvalue weighted by atomic mass is 9.82. The highest BCUT2D eigenvalue weighted by Crippen LogP contribution is 2.35. The lowest BCUT2D eigenvalue weighted by Crippen LogP contribution is -2.52. The Bertz CT molecular complexity index is 254. The largest absolute Gasteiger partial charge is 0.374 e. The van der Waals surface area contributed by atoms with Crippen LogP contribution in [0.15, 0.2) is 12.2 Å². The van der Waals surface area contributed by atoms with Crippen LogP contribution in [-0.2, 0) is 4.74 Å². The molecule has 0 aromatic carbocycles. The van der Waals surface area contributed by atoms with Crippen molar-refractivity contribution in [3.63, 3.8) is 0 Å². The Labute approximate surface area is 120 Å². The SMILES string of the molecule is C=C(C)CC(NCCC)C1(OCC)CCCCCC1. The summed E-state index contributed by atoms with van der Waals surface area (Å²) in [6, 6.07) is 0.433. The minimum absolute atomic E-state index is 0.0410. The van der Waals surface area contributed by atoms with E-state index in [0.717, 1.165) is 19.6 Å². The highest BCUT2D eigenvalue weighted by Gasteiger charge is 2.39. The average Bonchev–Trinajstić information content (AvgIpc) is 2.61. The van der Waals surface area contributed by atoms with Crippen LogP contribution >= 0.6 is 0 Å². The summed E-state index contributed by atoms with van der Waals surface area (Å²) in [5.74, 6) is 0. The smallest absolute Gasteiger partial charge is 0.0837 e. The van der Waals surface area contributed by atoms with Crippen molar-refractivity contribution in [1.82, 2.24) is 5.32 Å². The van der Waals surface area contributed by atoms with Crippen LogP contribution in [0.5, 0.6) is 0 Å². The van der Waals surface area contributed by atoms with Gasteiger partial charge in [0.2, 0.25) is 0 Å². The molecule has 1 saturated carbocycles. The second-order valence-corrected chi connectivity index (χ2v) is 6.08. The lowest BCUT2D eigenvalue weighted by molar-refractivity contribution is -0.0766. The summed E-state index contributed by atoms with van der Waals surface area (Å²) in [5, 5.41) is 3.74.